The third-order valence-electron chi connectivity index (χ3n) is 5.35. The molecule has 0 saturated heterocycles. The number of thioether (sulfide) groups is 1. The van der Waals surface area contributed by atoms with Gasteiger partial charge in [-0.1, -0.05) is 78.3 Å². The number of carbonyl (C=O) groups is 1. The lowest BCUT2D eigenvalue weighted by Gasteiger charge is -2.13. The highest BCUT2D eigenvalue weighted by Crippen LogP contribution is 2.30. The Morgan fingerprint density at radius 3 is 2.52 bits per heavy atom. The number of hydrogen-bond acceptors (Lipinski definition) is 4. The van der Waals surface area contributed by atoms with Gasteiger partial charge in [0.25, 0.3) is 0 Å². The van der Waals surface area contributed by atoms with Gasteiger partial charge < -0.3 is 5.32 Å². The molecule has 0 spiro atoms. The fourth-order valence-electron chi connectivity index (χ4n) is 3.61. The minimum absolute atomic E-state index is 0.0771. The number of benzene rings is 3. The molecular weight excluding hydrogens is 452 g/mol. The van der Waals surface area contributed by atoms with E-state index in [2.05, 4.69) is 22.4 Å². The van der Waals surface area contributed by atoms with Crippen LogP contribution in [0.15, 0.2) is 71.9 Å². The van der Waals surface area contributed by atoms with E-state index >= 15 is 0 Å². The lowest BCUT2D eigenvalue weighted by atomic mass is 10.1. The Morgan fingerprint density at radius 2 is 1.79 bits per heavy atom. The molecule has 1 heterocycles. The molecular formula is C26H25ClN4OS. The number of nitrogens with zero attached hydrogens (tertiary/aromatic N) is 3. The number of halogens is 1. The topological polar surface area (TPSA) is 59.8 Å². The van der Waals surface area contributed by atoms with Crippen molar-refractivity contribution in [2.45, 2.75) is 32.3 Å². The number of anilines is 1. The van der Waals surface area contributed by atoms with Crippen LogP contribution in [0.2, 0.25) is 5.02 Å². The summed E-state index contributed by atoms with van der Waals surface area (Å²) < 4.78 is 1.97. The molecule has 3 aromatic carbocycles. The van der Waals surface area contributed by atoms with E-state index in [1.807, 2.05) is 85.1 Å². The molecule has 1 amide bonds. The van der Waals surface area contributed by atoms with Gasteiger partial charge in [0, 0.05) is 22.0 Å². The zero-order chi connectivity index (χ0) is 23.4. The van der Waals surface area contributed by atoms with Crippen molar-refractivity contribution in [3.63, 3.8) is 0 Å². The molecule has 4 rings (SSSR count). The molecule has 168 valence electrons. The first-order valence-electron chi connectivity index (χ1n) is 10.8. The SMILES string of the molecule is CCc1cccc(C)c1NC(=O)CSc1nnc(-c2cccc(Cl)c2)n1-c1ccc(C)cc1. The van der Waals surface area contributed by atoms with E-state index in [1.165, 1.54) is 11.8 Å². The molecule has 4 aromatic rings. The first-order valence-corrected chi connectivity index (χ1v) is 12.1. The Hall–Kier alpha value is -3.09. The summed E-state index contributed by atoms with van der Waals surface area (Å²) in [6, 6.07) is 21.7. The van der Waals surface area contributed by atoms with Crippen LogP contribution in [0.5, 0.6) is 0 Å². The van der Waals surface area contributed by atoms with Crippen LogP contribution < -0.4 is 5.32 Å². The predicted octanol–water partition coefficient (Wildman–Crippen LogP) is 6.50. The van der Waals surface area contributed by atoms with Crippen LogP contribution in [0.3, 0.4) is 0 Å². The molecule has 0 unspecified atom stereocenters. The summed E-state index contributed by atoms with van der Waals surface area (Å²) in [7, 11) is 0. The van der Waals surface area contributed by atoms with Gasteiger partial charge in [-0.25, -0.2) is 0 Å². The van der Waals surface area contributed by atoms with Crippen molar-refractivity contribution in [1.82, 2.24) is 14.8 Å². The Bertz CT molecular complexity index is 1280. The van der Waals surface area contributed by atoms with E-state index < -0.39 is 0 Å². The van der Waals surface area contributed by atoms with Crippen LogP contribution in [0, 0.1) is 13.8 Å². The second-order valence-electron chi connectivity index (χ2n) is 7.79. The Morgan fingerprint density at radius 1 is 1.03 bits per heavy atom. The first kappa shape index (κ1) is 23.1. The highest BCUT2D eigenvalue weighted by atomic mass is 35.5. The van der Waals surface area contributed by atoms with Gasteiger partial charge in [-0.05, 0) is 55.7 Å². The standard InChI is InChI=1S/C26H25ClN4OS/c1-4-19-8-5-7-18(3)24(19)28-23(32)16-33-26-30-29-25(20-9-6-10-21(27)15-20)31(26)22-13-11-17(2)12-14-22/h5-15H,4,16H2,1-3H3,(H,28,32). The van der Waals surface area contributed by atoms with Crippen molar-refractivity contribution < 1.29 is 4.79 Å². The van der Waals surface area contributed by atoms with Crippen LogP contribution in [-0.4, -0.2) is 26.4 Å². The molecule has 0 atom stereocenters. The zero-order valence-electron chi connectivity index (χ0n) is 18.8. The predicted molar refractivity (Wildman–Crippen MR) is 136 cm³/mol. The van der Waals surface area contributed by atoms with Crippen molar-refractivity contribution in [2.24, 2.45) is 0 Å². The number of aromatic nitrogens is 3. The van der Waals surface area contributed by atoms with Crippen molar-refractivity contribution >= 4 is 35.0 Å². The first-order chi connectivity index (χ1) is 16.0. The number of hydrogen-bond donors (Lipinski definition) is 1. The van der Waals surface area contributed by atoms with Gasteiger partial charge in [-0.15, -0.1) is 10.2 Å². The fraction of sp³-hybridized carbons (Fsp3) is 0.192. The molecule has 0 fully saturated rings. The van der Waals surface area contributed by atoms with Crippen LogP contribution in [0.1, 0.15) is 23.6 Å². The maximum atomic E-state index is 12.8. The van der Waals surface area contributed by atoms with Crippen LogP contribution in [0.25, 0.3) is 17.1 Å². The fourth-order valence-corrected chi connectivity index (χ4v) is 4.55. The molecule has 1 N–H and O–H groups in total. The lowest BCUT2D eigenvalue weighted by Crippen LogP contribution is -2.16. The maximum absolute atomic E-state index is 12.8. The van der Waals surface area contributed by atoms with Crippen LogP contribution in [-0.2, 0) is 11.2 Å². The monoisotopic (exact) mass is 476 g/mol. The van der Waals surface area contributed by atoms with E-state index in [0.29, 0.717) is 16.0 Å². The van der Waals surface area contributed by atoms with Gasteiger partial charge in [0.15, 0.2) is 11.0 Å². The normalized spacial score (nSPS) is 10.9. The molecule has 1 aromatic heterocycles. The summed E-state index contributed by atoms with van der Waals surface area (Å²) in [6.07, 6.45) is 0.856. The number of aryl methyl sites for hydroxylation is 3. The summed E-state index contributed by atoms with van der Waals surface area (Å²) in [4.78, 5) is 12.8. The van der Waals surface area contributed by atoms with E-state index in [-0.39, 0.29) is 11.7 Å². The molecule has 0 bridgehead atoms. The molecule has 33 heavy (non-hydrogen) atoms. The lowest BCUT2D eigenvalue weighted by molar-refractivity contribution is -0.113. The average Bonchev–Trinajstić information content (AvgIpc) is 3.23. The summed E-state index contributed by atoms with van der Waals surface area (Å²) >= 11 is 7.58. The Kier molecular flexibility index (Phi) is 7.16. The van der Waals surface area contributed by atoms with Gasteiger partial charge in [0.05, 0.1) is 5.75 Å². The van der Waals surface area contributed by atoms with E-state index in [0.717, 1.165) is 40.0 Å². The van der Waals surface area contributed by atoms with E-state index in [1.54, 1.807) is 0 Å². The minimum atomic E-state index is -0.0771. The van der Waals surface area contributed by atoms with Gasteiger partial charge in [-0.2, -0.15) is 0 Å². The average molecular weight is 477 g/mol. The summed E-state index contributed by atoms with van der Waals surface area (Å²) in [5, 5.41) is 13.2. The molecule has 0 radical (unpaired) electrons. The second-order valence-corrected chi connectivity index (χ2v) is 9.17. The number of rotatable bonds is 7. The third-order valence-corrected chi connectivity index (χ3v) is 6.51. The third kappa shape index (κ3) is 5.29. The van der Waals surface area contributed by atoms with Crippen molar-refractivity contribution in [2.75, 3.05) is 11.1 Å². The van der Waals surface area contributed by atoms with E-state index in [9.17, 15) is 4.79 Å². The number of carbonyl (C=O) groups excluding carboxylic acids is 1. The van der Waals surface area contributed by atoms with Crippen molar-refractivity contribution in [3.8, 4) is 17.1 Å². The molecule has 7 heteroatoms. The van der Waals surface area contributed by atoms with Crippen LogP contribution in [0.4, 0.5) is 5.69 Å². The van der Waals surface area contributed by atoms with Gasteiger partial charge in [0.1, 0.15) is 0 Å². The molecule has 0 aliphatic heterocycles. The van der Waals surface area contributed by atoms with E-state index in [4.69, 9.17) is 11.6 Å². The van der Waals surface area contributed by atoms with Crippen LogP contribution >= 0.6 is 23.4 Å². The highest BCUT2D eigenvalue weighted by molar-refractivity contribution is 7.99. The maximum Gasteiger partial charge on any atom is 0.234 e. The van der Waals surface area contributed by atoms with Crippen molar-refractivity contribution in [3.05, 3.63) is 88.4 Å². The zero-order valence-corrected chi connectivity index (χ0v) is 20.4. The quantitative estimate of drug-likeness (QED) is 0.309. The Labute approximate surface area is 203 Å². The number of nitrogens with one attached hydrogen (secondary N) is 1. The van der Waals surface area contributed by atoms with Gasteiger partial charge >= 0.3 is 0 Å². The molecule has 0 aliphatic carbocycles. The second kappa shape index (κ2) is 10.2. The Balaban J connectivity index is 1.62. The summed E-state index contributed by atoms with van der Waals surface area (Å²) in [5.74, 6) is 0.819. The van der Waals surface area contributed by atoms with Gasteiger partial charge in [0.2, 0.25) is 5.91 Å². The minimum Gasteiger partial charge on any atom is -0.325 e. The summed E-state index contributed by atoms with van der Waals surface area (Å²) in [5.41, 5.74) is 6.02. The number of para-hydroxylation sites is 1. The van der Waals surface area contributed by atoms with Gasteiger partial charge in [-0.3, -0.25) is 9.36 Å². The number of amides is 1. The van der Waals surface area contributed by atoms with Crippen molar-refractivity contribution in [1.29, 1.82) is 0 Å². The molecule has 0 saturated carbocycles. The highest BCUT2D eigenvalue weighted by Gasteiger charge is 2.18. The smallest absolute Gasteiger partial charge is 0.234 e. The molecule has 5 nitrogen and oxygen atoms in total. The molecule has 0 aliphatic rings. The summed E-state index contributed by atoms with van der Waals surface area (Å²) in [6.45, 7) is 6.14. The largest absolute Gasteiger partial charge is 0.325 e.